The molecule has 0 heterocycles. The number of esters is 4. The fraction of sp³-hybridized carbons (Fsp3) is 0.100. The van der Waals surface area contributed by atoms with E-state index in [1.807, 2.05) is 0 Å². The molecule has 0 bridgehead atoms. The molecule has 10 nitrogen and oxygen atoms in total. The number of carboxylic acids is 2. The zero-order valence-electron chi connectivity index (χ0n) is 15.2. The molecule has 0 aromatic heterocycles. The molecule has 0 amide bonds. The van der Waals surface area contributed by atoms with Crippen molar-refractivity contribution in [2.75, 3.05) is 0 Å². The molecule has 0 saturated heterocycles. The minimum Gasteiger partial charge on any atom is -0.478 e. The summed E-state index contributed by atoms with van der Waals surface area (Å²) in [5.41, 5.74) is -1.42. The third-order valence-corrected chi connectivity index (χ3v) is 3.70. The summed E-state index contributed by atoms with van der Waals surface area (Å²) >= 11 is 0. The van der Waals surface area contributed by atoms with Gasteiger partial charge < -0.3 is 19.7 Å². The number of rotatable bonds is 7. The zero-order chi connectivity index (χ0) is 22.3. The molecule has 0 atom stereocenters. The minimum atomic E-state index is -1.39. The van der Waals surface area contributed by atoms with Gasteiger partial charge >= 0.3 is 35.8 Å². The SMILES string of the molecule is O=C(CCC(=O)OC(=O)c1ccccc1C(=O)O)OC(=O)c1ccccc1C(=O)O. The molecular weight excluding hydrogens is 400 g/mol. The number of ether oxygens (including phenoxy) is 2. The van der Waals surface area contributed by atoms with E-state index in [-0.39, 0.29) is 22.3 Å². The van der Waals surface area contributed by atoms with Crippen molar-refractivity contribution in [3.8, 4) is 0 Å². The molecule has 0 aliphatic carbocycles. The number of hydrogen-bond donors (Lipinski definition) is 2. The summed E-state index contributed by atoms with van der Waals surface area (Å²) in [6.45, 7) is 0. The van der Waals surface area contributed by atoms with E-state index < -0.39 is 48.7 Å². The van der Waals surface area contributed by atoms with Crippen LogP contribution in [-0.2, 0) is 19.1 Å². The van der Waals surface area contributed by atoms with Crippen molar-refractivity contribution in [1.29, 1.82) is 0 Å². The highest BCUT2D eigenvalue weighted by Crippen LogP contribution is 2.13. The van der Waals surface area contributed by atoms with Crippen LogP contribution in [0.5, 0.6) is 0 Å². The van der Waals surface area contributed by atoms with Crippen LogP contribution in [0.15, 0.2) is 48.5 Å². The van der Waals surface area contributed by atoms with Gasteiger partial charge in [-0.25, -0.2) is 19.2 Å². The van der Waals surface area contributed by atoms with Crippen molar-refractivity contribution in [1.82, 2.24) is 0 Å². The maximum atomic E-state index is 12.0. The smallest absolute Gasteiger partial charge is 0.346 e. The van der Waals surface area contributed by atoms with E-state index in [0.29, 0.717) is 0 Å². The summed E-state index contributed by atoms with van der Waals surface area (Å²) in [6, 6.07) is 10.2. The molecule has 0 aliphatic rings. The zero-order valence-corrected chi connectivity index (χ0v) is 15.2. The molecule has 154 valence electrons. The number of aromatic carboxylic acids is 2. The van der Waals surface area contributed by atoms with Gasteiger partial charge in [0.05, 0.1) is 35.1 Å². The third kappa shape index (κ3) is 5.58. The molecule has 2 aromatic rings. The van der Waals surface area contributed by atoms with Crippen LogP contribution >= 0.6 is 0 Å². The van der Waals surface area contributed by atoms with Crippen LogP contribution in [0.4, 0.5) is 0 Å². The van der Waals surface area contributed by atoms with Crippen molar-refractivity contribution in [3.63, 3.8) is 0 Å². The van der Waals surface area contributed by atoms with Crippen LogP contribution < -0.4 is 0 Å². The Kier molecular flexibility index (Phi) is 7.12. The molecule has 0 unspecified atom stereocenters. The van der Waals surface area contributed by atoms with E-state index in [1.54, 1.807) is 0 Å². The molecule has 0 radical (unpaired) electrons. The van der Waals surface area contributed by atoms with Crippen LogP contribution in [0, 0.1) is 0 Å². The topological polar surface area (TPSA) is 161 Å². The van der Waals surface area contributed by atoms with E-state index in [1.165, 1.54) is 24.3 Å². The van der Waals surface area contributed by atoms with Gasteiger partial charge in [0.25, 0.3) is 0 Å². The number of carboxylic acid groups (broad SMARTS) is 2. The lowest BCUT2D eigenvalue weighted by Crippen LogP contribution is -2.19. The summed E-state index contributed by atoms with van der Waals surface area (Å²) < 4.78 is 9.01. The fourth-order valence-electron chi connectivity index (χ4n) is 2.32. The summed E-state index contributed by atoms with van der Waals surface area (Å²) in [4.78, 5) is 69.6. The monoisotopic (exact) mass is 414 g/mol. The van der Waals surface area contributed by atoms with Crippen LogP contribution in [-0.4, -0.2) is 46.0 Å². The fourth-order valence-corrected chi connectivity index (χ4v) is 2.32. The van der Waals surface area contributed by atoms with Gasteiger partial charge in [0.1, 0.15) is 0 Å². The van der Waals surface area contributed by atoms with Crippen molar-refractivity contribution in [2.24, 2.45) is 0 Å². The molecule has 2 rings (SSSR count). The highest BCUT2D eigenvalue weighted by atomic mass is 16.6. The van der Waals surface area contributed by atoms with Gasteiger partial charge in [-0.3, -0.25) is 9.59 Å². The first-order valence-electron chi connectivity index (χ1n) is 8.35. The molecule has 0 fully saturated rings. The summed E-state index contributed by atoms with van der Waals surface area (Å²) in [6.07, 6.45) is -1.26. The normalized spacial score (nSPS) is 10.0. The maximum absolute atomic E-state index is 12.0. The Morgan fingerprint density at radius 1 is 0.567 bits per heavy atom. The van der Waals surface area contributed by atoms with Crippen LogP contribution in [0.2, 0.25) is 0 Å². The predicted octanol–water partition coefficient (Wildman–Crippen LogP) is 1.93. The average Bonchev–Trinajstić information content (AvgIpc) is 2.72. The first-order valence-corrected chi connectivity index (χ1v) is 8.35. The first-order chi connectivity index (χ1) is 14.2. The van der Waals surface area contributed by atoms with E-state index >= 15 is 0 Å². The molecule has 10 heteroatoms. The van der Waals surface area contributed by atoms with Crippen LogP contribution in [0.3, 0.4) is 0 Å². The Balaban J connectivity index is 1.92. The Bertz CT molecular complexity index is 954. The van der Waals surface area contributed by atoms with Gasteiger partial charge in [-0.05, 0) is 24.3 Å². The predicted molar refractivity (Wildman–Crippen MR) is 96.9 cm³/mol. The van der Waals surface area contributed by atoms with Gasteiger partial charge in [0.15, 0.2) is 0 Å². The van der Waals surface area contributed by atoms with Crippen molar-refractivity contribution in [3.05, 3.63) is 70.8 Å². The summed E-state index contributed by atoms with van der Waals surface area (Å²) in [5, 5.41) is 18.1. The molecule has 0 aliphatic heterocycles. The third-order valence-electron chi connectivity index (χ3n) is 3.70. The average molecular weight is 414 g/mol. The second-order valence-electron chi connectivity index (χ2n) is 5.72. The Morgan fingerprint density at radius 3 is 1.17 bits per heavy atom. The van der Waals surface area contributed by atoms with E-state index in [0.717, 1.165) is 24.3 Å². The van der Waals surface area contributed by atoms with Crippen LogP contribution in [0.1, 0.15) is 54.3 Å². The largest absolute Gasteiger partial charge is 0.478 e. The van der Waals surface area contributed by atoms with Gasteiger partial charge in [-0.2, -0.15) is 0 Å². The number of hydrogen-bond acceptors (Lipinski definition) is 8. The maximum Gasteiger partial charge on any atom is 0.346 e. The Morgan fingerprint density at radius 2 is 0.867 bits per heavy atom. The number of benzene rings is 2. The Hall–Kier alpha value is -4.34. The number of carbonyl (C=O) groups is 6. The van der Waals surface area contributed by atoms with Gasteiger partial charge in [-0.15, -0.1) is 0 Å². The lowest BCUT2D eigenvalue weighted by molar-refractivity contribution is -0.144. The second-order valence-corrected chi connectivity index (χ2v) is 5.72. The van der Waals surface area contributed by atoms with Crippen molar-refractivity contribution < 1.29 is 48.5 Å². The standard InChI is InChI=1S/C20H14O10/c21-15(29-19(27)13-7-3-1-5-11(13)17(23)24)9-10-16(22)30-20(28)14-8-4-2-6-12(14)18(25)26/h1-8H,9-10H2,(H,23,24)(H,25,26). The molecular formula is C20H14O10. The van der Waals surface area contributed by atoms with Crippen molar-refractivity contribution in [2.45, 2.75) is 12.8 Å². The molecule has 0 saturated carbocycles. The van der Waals surface area contributed by atoms with Crippen molar-refractivity contribution >= 4 is 35.8 Å². The molecule has 0 spiro atoms. The lowest BCUT2D eigenvalue weighted by atomic mass is 10.1. The summed E-state index contributed by atoms with van der Waals surface area (Å²) in [5.74, 6) is -7.49. The molecule has 2 aromatic carbocycles. The molecule has 30 heavy (non-hydrogen) atoms. The number of carbonyl (C=O) groups excluding carboxylic acids is 4. The lowest BCUT2D eigenvalue weighted by Gasteiger charge is -2.07. The highest BCUT2D eigenvalue weighted by molar-refractivity contribution is 6.06. The van der Waals surface area contributed by atoms with Gasteiger partial charge in [-0.1, -0.05) is 24.3 Å². The van der Waals surface area contributed by atoms with Crippen LogP contribution in [0.25, 0.3) is 0 Å². The van der Waals surface area contributed by atoms with E-state index in [4.69, 9.17) is 10.2 Å². The quantitative estimate of drug-likeness (QED) is 0.506. The van der Waals surface area contributed by atoms with E-state index in [9.17, 15) is 28.8 Å². The molecule has 2 N–H and O–H groups in total. The van der Waals surface area contributed by atoms with E-state index in [2.05, 4.69) is 9.47 Å². The highest BCUT2D eigenvalue weighted by Gasteiger charge is 2.22. The Labute approximate surface area is 168 Å². The summed E-state index contributed by atoms with van der Waals surface area (Å²) in [7, 11) is 0. The first kappa shape index (κ1) is 22.0. The second kappa shape index (κ2) is 9.73. The minimum absolute atomic E-state index is 0.346. The van der Waals surface area contributed by atoms with Gasteiger partial charge in [0.2, 0.25) is 0 Å². The van der Waals surface area contributed by atoms with Gasteiger partial charge in [0, 0.05) is 0 Å².